The van der Waals surface area contributed by atoms with E-state index in [9.17, 15) is 4.79 Å². The Morgan fingerprint density at radius 2 is 1.82 bits per heavy atom. The highest BCUT2D eigenvalue weighted by Gasteiger charge is 2.27. The van der Waals surface area contributed by atoms with E-state index < -0.39 is 6.09 Å². The summed E-state index contributed by atoms with van der Waals surface area (Å²) < 4.78 is 13.8. The van der Waals surface area contributed by atoms with Crippen molar-refractivity contribution in [3.8, 4) is 17.0 Å². The Balaban J connectivity index is 1.32. The van der Waals surface area contributed by atoms with Crippen LogP contribution in [0.25, 0.3) is 22.2 Å². The minimum absolute atomic E-state index is 0.168. The average Bonchev–Trinajstić information content (AvgIpc) is 3.13. The van der Waals surface area contributed by atoms with Gasteiger partial charge in [0.2, 0.25) is 0 Å². The van der Waals surface area contributed by atoms with Gasteiger partial charge in [0.25, 0.3) is 0 Å². The van der Waals surface area contributed by atoms with Crippen LogP contribution >= 0.6 is 0 Å². The normalized spacial score (nSPS) is 17.1. The quantitative estimate of drug-likeness (QED) is 0.359. The highest BCUT2D eigenvalue weighted by Crippen LogP contribution is 2.45. The van der Waals surface area contributed by atoms with Crippen LogP contribution in [0.5, 0.6) is 5.75 Å². The van der Waals surface area contributed by atoms with Crippen LogP contribution in [0.15, 0.2) is 42.5 Å². The van der Waals surface area contributed by atoms with Gasteiger partial charge in [-0.2, -0.15) is 0 Å². The summed E-state index contributed by atoms with van der Waals surface area (Å²) in [6, 6.07) is 14.5. The Morgan fingerprint density at radius 3 is 2.47 bits per heavy atom. The standard InChI is InChI=1S/C30H41N5O3/c1-21(2)38-30(36)32-23-10-8-22(9-11-23)29-28(31)26-13-12-25(20-27(26)35(29)24-6-4-7-24)37-19-5-14-34-17-15-33(3)16-18-34/h8-13,20-21,24H,4-7,14-19,31H2,1-3H3,(H,32,36). The number of aromatic nitrogens is 1. The monoisotopic (exact) mass is 519 g/mol. The topological polar surface area (TPSA) is 85.0 Å². The van der Waals surface area contributed by atoms with E-state index in [0.717, 1.165) is 85.6 Å². The third-order valence-electron chi connectivity index (χ3n) is 7.69. The lowest BCUT2D eigenvalue weighted by molar-refractivity contribution is 0.130. The lowest BCUT2D eigenvalue weighted by Crippen LogP contribution is -2.44. The molecule has 5 rings (SSSR count). The van der Waals surface area contributed by atoms with Gasteiger partial charge >= 0.3 is 6.09 Å². The second-order valence-corrected chi connectivity index (χ2v) is 10.9. The largest absolute Gasteiger partial charge is 0.493 e. The van der Waals surface area contributed by atoms with Crippen molar-refractivity contribution in [2.45, 2.75) is 51.7 Å². The number of nitrogens with zero attached hydrogens (tertiary/aromatic N) is 3. The van der Waals surface area contributed by atoms with E-state index in [2.05, 4.69) is 38.9 Å². The van der Waals surface area contributed by atoms with Gasteiger partial charge in [-0.1, -0.05) is 12.1 Å². The lowest BCUT2D eigenvalue weighted by atomic mass is 9.92. The number of hydrogen-bond donors (Lipinski definition) is 2. The lowest BCUT2D eigenvalue weighted by Gasteiger charge is -2.32. The number of anilines is 2. The fraction of sp³-hybridized carbons (Fsp3) is 0.500. The van der Waals surface area contributed by atoms with Crippen LogP contribution in [0.2, 0.25) is 0 Å². The molecule has 1 aliphatic heterocycles. The zero-order valence-electron chi connectivity index (χ0n) is 22.9. The van der Waals surface area contributed by atoms with Crippen molar-refractivity contribution in [2.75, 3.05) is 57.4 Å². The summed E-state index contributed by atoms with van der Waals surface area (Å²) in [6.07, 6.45) is 3.92. The fourth-order valence-corrected chi connectivity index (χ4v) is 5.35. The van der Waals surface area contributed by atoms with E-state index in [1.54, 1.807) is 0 Å². The Morgan fingerprint density at radius 1 is 1.08 bits per heavy atom. The number of carbonyl (C=O) groups is 1. The second kappa shape index (κ2) is 11.7. The summed E-state index contributed by atoms with van der Waals surface area (Å²) in [5, 5.41) is 3.84. The van der Waals surface area contributed by atoms with Gasteiger partial charge in [0.15, 0.2) is 0 Å². The molecule has 0 atom stereocenters. The first kappa shape index (κ1) is 26.4. The van der Waals surface area contributed by atoms with Crippen molar-refractivity contribution in [1.29, 1.82) is 0 Å². The first-order chi connectivity index (χ1) is 18.4. The number of piperazine rings is 1. The van der Waals surface area contributed by atoms with E-state index in [-0.39, 0.29) is 6.10 Å². The molecule has 3 N–H and O–H groups in total. The molecule has 38 heavy (non-hydrogen) atoms. The summed E-state index contributed by atoms with van der Waals surface area (Å²) in [4.78, 5) is 16.9. The van der Waals surface area contributed by atoms with E-state index in [0.29, 0.717) is 18.3 Å². The number of benzene rings is 2. The number of rotatable bonds is 9. The number of nitrogens with two attached hydrogens (primary N) is 1. The van der Waals surface area contributed by atoms with E-state index in [1.165, 1.54) is 6.42 Å². The molecule has 2 aliphatic rings. The number of likely N-dealkylation sites (N-methyl/N-ethyl adjacent to an activating group) is 1. The van der Waals surface area contributed by atoms with Crippen molar-refractivity contribution in [3.63, 3.8) is 0 Å². The van der Waals surface area contributed by atoms with Crippen molar-refractivity contribution < 1.29 is 14.3 Å². The molecule has 0 radical (unpaired) electrons. The summed E-state index contributed by atoms with van der Waals surface area (Å²) in [5.41, 5.74) is 11.4. The van der Waals surface area contributed by atoms with Crippen LogP contribution in [0.1, 0.15) is 45.6 Å². The summed E-state index contributed by atoms with van der Waals surface area (Å²) in [5.74, 6) is 0.892. The maximum Gasteiger partial charge on any atom is 0.411 e. The van der Waals surface area contributed by atoms with E-state index in [1.807, 2.05) is 44.2 Å². The second-order valence-electron chi connectivity index (χ2n) is 10.9. The van der Waals surface area contributed by atoms with Gasteiger partial charge in [0, 0.05) is 61.5 Å². The molecule has 1 saturated carbocycles. The number of carbonyl (C=O) groups excluding carboxylic acids is 1. The van der Waals surface area contributed by atoms with Crippen molar-refractivity contribution >= 4 is 28.4 Å². The predicted molar refractivity (Wildman–Crippen MR) is 154 cm³/mol. The molecule has 0 unspecified atom stereocenters. The highest BCUT2D eigenvalue weighted by molar-refractivity contribution is 6.01. The van der Waals surface area contributed by atoms with Gasteiger partial charge in [-0.15, -0.1) is 0 Å². The first-order valence-corrected chi connectivity index (χ1v) is 13.9. The zero-order chi connectivity index (χ0) is 26.6. The Hall–Kier alpha value is -3.23. The number of nitrogen functional groups attached to an aromatic ring is 1. The minimum Gasteiger partial charge on any atom is -0.493 e. The van der Waals surface area contributed by atoms with Crippen LogP contribution in [0, 0.1) is 0 Å². The fourth-order valence-electron chi connectivity index (χ4n) is 5.35. The van der Waals surface area contributed by atoms with Crippen LogP contribution in [0.3, 0.4) is 0 Å². The Labute approximate surface area is 225 Å². The number of nitrogens with one attached hydrogen (secondary N) is 1. The third-order valence-corrected chi connectivity index (χ3v) is 7.69. The molecular formula is C30H41N5O3. The molecule has 1 saturated heterocycles. The average molecular weight is 520 g/mol. The van der Waals surface area contributed by atoms with Gasteiger partial charge in [-0.3, -0.25) is 5.32 Å². The molecule has 0 spiro atoms. The number of ether oxygens (including phenoxy) is 2. The smallest absolute Gasteiger partial charge is 0.411 e. The molecule has 2 fully saturated rings. The van der Waals surface area contributed by atoms with Crippen molar-refractivity contribution in [3.05, 3.63) is 42.5 Å². The minimum atomic E-state index is -0.452. The maximum absolute atomic E-state index is 12.0. The molecule has 2 aromatic carbocycles. The molecule has 0 bridgehead atoms. The molecule has 1 aliphatic carbocycles. The first-order valence-electron chi connectivity index (χ1n) is 13.9. The SMILES string of the molecule is CC(C)OC(=O)Nc1ccc(-c2c(N)c3ccc(OCCCN4CCN(C)CC4)cc3n2C2CCC2)cc1. The van der Waals surface area contributed by atoms with Crippen LogP contribution in [-0.4, -0.2) is 72.9 Å². The van der Waals surface area contributed by atoms with Gasteiger partial charge in [0.05, 0.1) is 29.6 Å². The van der Waals surface area contributed by atoms with Crippen LogP contribution in [-0.2, 0) is 4.74 Å². The molecule has 1 aromatic heterocycles. The van der Waals surface area contributed by atoms with Crippen molar-refractivity contribution in [2.24, 2.45) is 0 Å². The number of amides is 1. The Bertz CT molecular complexity index is 1240. The van der Waals surface area contributed by atoms with E-state index >= 15 is 0 Å². The number of fused-ring (bicyclic) bond motifs is 1. The summed E-state index contributed by atoms with van der Waals surface area (Å²) in [6.45, 7) is 10.00. The van der Waals surface area contributed by atoms with Gasteiger partial charge in [-0.25, -0.2) is 4.79 Å². The maximum atomic E-state index is 12.0. The molecule has 1 amide bonds. The van der Waals surface area contributed by atoms with Gasteiger partial charge in [-0.05, 0) is 70.8 Å². The molecule has 3 aromatic rings. The molecule has 2 heterocycles. The van der Waals surface area contributed by atoms with Gasteiger partial charge in [0.1, 0.15) is 5.75 Å². The molecule has 8 heteroatoms. The predicted octanol–water partition coefficient (Wildman–Crippen LogP) is 5.59. The van der Waals surface area contributed by atoms with Gasteiger partial charge < -0.3 is 29.6 Å². The van der Waals surface area contributed by atoms with Crippen LogP contribution in [0.4, 0.5) is 16.2 Å². The summed E-state index contributed by atoms with van der Waals surface area (Å²) in [7, 11) is 2.19. The van der Waals surface area contributed by atoms with Crippen molar-refractivity contribution in [1.82, 2.24) is 14.4 Å². The highest BCUT2D eigenvalue weighted by atomic mass is 16.6. The Kier molecular flexibility index (Phi) is 8.09. The van der Waals surface area contributed by atoms with E-state index in [4.69, 9.17) is 15.2 Å². The molecular weight excluding hydrogens is 478 g/mol. The molecule has 8 nitrogen and oxygen atoms in total. The number of hydrogen-bond acceptors (Lipinski definition) is 6. The summed E-state index contributed by atoms with van der Waals surface area (Å²) >= 11 is 0. The third kappa shape index (κ3) is 5.92. The van der Waals surface area contributed by atoms with Crippen LogP contribution < -0.4 is 15.8 Å². The molecule has 204 valence electrons. The zero-order valence-corrected chi connectivity index (χ0v) is 22.9.